The average Bonchev–Trinajstić information content (AvgIpc) is 2.81. The van der Waals surface area contributed by atoms with Crippen LogP contribution in [0.2, 0.25) is 0 Å². The summed E-state index contributed by atoms with van der Waals surface area (Å²) in [7, 11) is 0. The topological polar surface area (TPSA) is 35.2 Å². The summed E-state index contributed by atoms with van der Waals surface area (Å²) in [5.41, 5.74) is 5.10. The molecule has 0 aliphatic heterocycles. The van der Waals surface area contributed by atoms with Gasteiger partial charge in [0, 0.05) is 15.8 Å². The standard InChI is InChI=1S/C15H16F3NOS/c1-9-7-8-13(21-9)14(10(2)19)20-12-6-4-3-5-11(12)15(16,17)18/h3-8,10,14H,19H2,1-2H3. The lowest BCUT2D eigenvalue weighted by Gasteiger charge is -2.23. The van der Waals surface area contributed by atoms with Crippen LogP contribution >= 0.6 is 11.3 Å². The molecule has 1 aromatic heterocycles. The predicted molar refractivity (Wildman–Crippen MR) is 77.5 cm³/mol. The number of nitrogens with two attached hydrogens (primary N) is 1. The van der Waals surface area contributed by atoms with Crippen LogP contribution in [0, 0.1) is 6.92 Å². The lowest BCUT2D eigenvalue weighted by molar-refractivity contribution is -0.139. The predicted octanol–water partition coefficient (Wildman–Crippen LogP) is 4.54. The average molecular weight is 315 g/mol. The number of thiophene rings is 1. The highest BCUT2D eigenvalue weighted by atomic mass is 32.1. The van der Waals surface area contributed by atoms with Crippen LogP contribution in [0.4, 0.5) is 13.2 Å². The number of benzene rings is 1. The summed E-state index contributed by atoms with van der Waals surface area (Å²) in [6.07, 6.45) is -5.06. The van der Waals surface area contributed by atoms with E-state index in [0.29, 0.717) is 0 Å². The van der Waals surface area contributed by atoms with E-state index < -0.39 is 23.9 Å². The van der Waals surface area contributed by atoms with Crippen molar-refractivity contribution in [1.29, 1.82) is 0 Å². The van der Waals surface area contributed by atoms with E-state index in [0.717, 1.165) is 15.8 Å². The summed E-state index contributed by atoms with van der Waals surface area (Å²) >= 11 is 1.47. The fourth-order valence-electron chi connectivity index (χ4n) is 1.97. The van der Waals surface area contributed by atoms with Crippen LogP contribution in [0.1, 0.15) is 28.3 Å². The molecule has 2 rings (SSSR count). The molecule has 0 saturated heterocycles. The number of hydrogen-bond donors (Lipinski definition) is 1. The van der Waals surface area contributed by atoms with Crippen molar-refractivity contribution in [3.05, 3.63) is 51.7 Å². The third-order valence-electron chi connectivity index (χ3n) is 2.97. The minimum absolute atomic E-state index is 0.196. The Kier molecular flexibility index (Phi) is 4.58. The van der Waals surface area contributed by atoms with Crippen LogP contribution in [0.3, 0.4) is 0 Å². The second kappa shape index (κ2) is 6.07. The molecule has 0 saturated carbocycles. The molecule has 2 unspecified atom stereocenters. The Balaban J connectivity index is 2.34. The van der Waals surface area contributed by atoms with Crippen LogP contribution in [-0.4, -0.2) is 6.04 Å². The van der Waals surface area contributed by atoms with Crippen molar-refractivity contribution in [1.82, 2.24) is 0 Å². The van der Waals surface area contributed by atoms with Gasteiger partial charge in [-0.2, -0.15) is 13.2 Å². The minimum atomic E-state index is -4.45. The van der Waals surface area contributed by atoms with Crippen molar-refractivity contribution >= 4 is 11.3 Å². The molecule has 114 valence electrons. The molecule has 2 aromatic rings. The molecular weight excluding hydrogens is 299 g/mol. The molecule has 1 aromatic carbocycles. The third kappa shape index (κ3) is 3.77. The first-order valence-corrected chi connectivity index (χ1v) is 7.25. The minimum Gasteiger partial charge on any atom is -0.483 e. The maximum Gasteiger partial charge on any atom is 0.419 e. The van der Waals surface area contributed by atoms with Crippen molar-refractivity contribution in [3.63, 3.8) is 0 Å². The molecule has 21 heavy (non-hydrogen) atoms. The van der Waals surface area contributed by atoms with E-state index in [9.17, 15) is 13.2 Å². The van der Waals surface area contributed by atoms with E-state index in [1.54, 1.807) is 6.92 Å². The molecule has 0 aliphatic rings. The zero-order valence-electron chi connectivity index (χ0n) is 11.6. The summed E-state index contributed by atoms with van der Waals surface area (Å²) < 4.78 is 44.6. The molecule has 0 amide bonds. The molecule has 6 heteroatoms. The van der Waals surface area contributed by atoms with Crippen LogP contribution in [0.15, 0.2) is 36.4 Å². The van der Waals surface area contributed by atoms with Gasteiger partial charge in [0.15, 0.2) is 0 Å². The molecule has 0 aliphatic carbocycles. The van der Waals surface area contributed by atoms with Crippen molar-refractivity contribution in [3.8, 4) is 5.75 Å². The summed E-state index contributed by atoms with van der Waals surface area (Å²) in [6, 6.07) is 8.49. The van der Waals surface area contributed by atoms with Gasteiger partial charge < -0.3 is 10.5 Å². The van der Waals surface area contributed by atoms with Crippen molar-refractivity contribution < 1.29 is 17.9 Å². The molecule has 2 nitrogen and oxygen atoms in total. The van der Waals surface area contributed by atoms with Gasteiger partial charge in [0.05, 0.1) is 5.56 Å². The Labute approximate surface area is 125 Å². The van der Waals surface area contributed by atoms with Gasteiger partial charge in [-0.1, -0.05) is 12.1 Å². The SMILES string of the molecule is Cc1ccc(C(Oc2ccccc2C(F)(F)F)C(C)N)s1. The molecule has 2 N–H and O–H groups in total. The van der Waals surface area contributed by atoms with E-state index in [1.807, 2.05) is 19.1 Å². The van der Waals surface area contributed by atoms with Gasteiger partial charge >= 0.3 is 6.18 Å². The van der Waals surface area contributed by atoms with E-state index in [-0.39, 0.29) is 5.75 Å². The lowest BCUT2D eigenvalue weighted by atomic mass is 10.1. The molecule has 2 atom stereocenters. The smallest absolute Gasteiger partial charge is 0.419 e. The summed E-state index contributed by atoms with van der Waals surface area (Å²) in [6.45, 7) is 3.64. The van der Waals surface area contributed by atoms with Crippen molar-refractivity contribution in [2.24, 2.45) is 5.73 Å². The molecular formula is C15H16F3NOS. The highest BCUT2D eigenvalue weighted by molar-refractivity contribution is 7.12. The van der Waals surface area contributed by atoms with Gasteiger partial charge in [-0.05, 0) is 38.1 Å². The summed E-state index contributed by atoms with van der Waals surface area (Å²) in [5, 5.41) is 0. The number of halogens is 3. The van der Waals surface area contributed by atoms with Gasteiger partial charge in [0.25, 0.3) is 0 Å². The lowest BCUT2D eigenvalue weighted by Crippen LogP contribution is -2.29. The number of aryl methyl sites for hydroxylation is 1. The number of ether oxygens (including phenoxy) is 1. The number of hydrogen-bond acceptors (Lipinski definition) is 3. The number of para-hydroxylation sites is 1. The summed E-state index contributed by atoms with van der Waals surface area (Å²) in [5.74, 6) is -0.196. The van der Waals surface area contributed by atoms with Crippen molar-refractivity contribution in [2.75, 3.05) is 0 Å². The number of rotatable bonds is 4. The first kappa shape index (κ1) is 15.9. The van der Waals surface area contributed by atoms with Crippen molar-refractivity contribution in [2.45, 2.75) is 32.2 Å². The van der Waals surface area contributed by atoms with E-state index in [2.05, 4.69) is 0 Å². The molecule has 0 fully saturated rings. The maximum atomic E-state index is 13.0. The van der Waals surface area contributed by atoms with Gasteiger partial charge in [0.1, 0.15) is 11.9 Å². The fourth-order valence-corrected chi connectivity index (χ4v) is 2.99. The molecule has 0 spiro atoms. The third-order valence-corrected chi connectivity index (χ3v) is 4.03. The molecule has 1 heterocycles. The fraction of sp³-hybridized carbons (Fsp3) is 0.333. The van der Waals surface area contributed by atoms with Gasteiger partial charge in [-0.25, -0.2) is 0 Å². The number of alkyl halides is 3. The van der Waals surface area contributed by atoms with Crippen LogP contribution in [0.5, 0.6) is 5.75 Å². The Hall–Kier alpha value is -1.53. The van der Waals surface area contributed by atoms with E-state index in [1.165, 1.54) is 29.5 Å². The van der Waals surface area contributed by atoms with Gasteiger partial charge in [-0.3, -0.25) is 0 Å². The Morgan fingerprint density at radius 1 is 1.14 bits per heavy atom. The van der Waals surface area contributed by atoms with E-state index >= 15 is 0 Å². The van der Waals surface area contributed by atoms with Gasteiger partial charge in [-0.15, -0.1) is 11.3 Å². The molecule has 0 radical (unpaired) electrons. The zero-order valence-corrected chi connectivity index (χ0v) is 12.5. The second-order valence-electron chi connectivity index (χ2n) is 4.84. The maximum absolute atomic E-state index is 13.0. The first-order chi connectivity index (χ1) is 9.79. The molecule has 0 bridgehead atoms. The largest absolute Gasteiger partial charge is 0.483 e. The quantitative estimate of drug-likeness (QED) is 0.899. The van der Waals surface area contributed by atoms with E-state index in [4.69, 9.17) is 10.5 Å². The highest BCUT2D eigenvalue weighted by Gasteiger charge is 2.35. The Morgan fingerprint density at radius 2 is 1.81 bits per heavy atom. The normalized spacial score (nSPS) is 14.8. The Morgan fingerprint density at radius 3 is 2.33 bits per heavy atom. The zero-order chi connectivity index (χ0) is 15.6. The Bertz CT molecular complexity index is 607. The van der Waals surface area contributed by atoms with Crippen LogP contribution in [0.25, 0.3) is 0 Å². The second-order valence-corrected chi connectivity index (χ2v) is 6.16. The highest BCUT2D eigenvalue weighted by Crippen LogP contribution is 2.38. The summed E-state index contributed by atoms with van der Waals surface area (Å²) in [4.78, 5) is 1.88. The monoisotopic (exact) mass is 315 g/mol. The first-order valence-electron chi connectivity index (χ1n) is 6.44. The van der Waals surface area contributed by atoms with Gasteiger partial charge in [0.2, 0.25) is 0 Å². The van der Waals surface area contributed by atoms with Crippen LogP contribution < -0.4 is 10.5 Å². The van der Waals surface area contributed by atoms with Crippen LogP contribution in [-0.2, 0) is 6.18 Å².